The van der Waals surface area contributed by atoms with Crippen LogP contribution in [0, 0.1) is 0 Å². The molecule has 0 aromatic carbocycles. The van der Waals surface area contributed by atoms with Gasteiger partial charge < -0.3 is 8.37 Å². The normalized spacial score (nSPS) is 11.2. The zero-order chi connectivity index (χ0) is 13.0. The van der Waals surface area contributed by atoms with Gasteiger partial charge in [0.2, 0.25) is 0 Å². The van der Waals surface area contributed by atoms with Gasteiger partial charge in [-0.15, -0.1) is 0 Å². The third kappa shape index (κ3) is 13.7. The Balaban J connectivity index is 0. The van der Waals surface area contributed by atoms with Crippen LogP contribution < -0.4 is 0 Å². The SMILES string of the molecule is O=C(CCC(=O)OS(=O)(=O)O)OS(=O)(=O)O.[NaH]. The van der Waals surface area contributed by atoms with Crippen molar-refractivity contribution in [3.05, 3.63) is 0 Å². The maximum atomic E-state index is 10.5. The second-order valence-corrected chi connectivity index (χ2v) is 4.31. The zero-order valence-corrected chi connectivity index (χ0v) is 9.02. The molecule has 0 saturated heterocycles. The van der Waals surface area contributed by atoms with Crippen molar-refractivity contribution in [2.45, 2.75) is 12.8 Å². The van der Waals surface area contributed by atoms with Crippen LogP contribution in [0.25, 0.3) is 0 Å². The Morgan fingerprint density at radius 3 is 1.24 bits per heavy atom. The molecule has 0 aromatic heterocycles. The van der Waals surface area contributed by atoms with E-state index in [1.807, 2.05) is 0 Å². The number of carbonyl (C=O) groups is 2. The first kappa shape index (κ1) is 19.1. The van der Waals surface area contributed by atoms with Gasteiger partial charge in [0, 0.05) is 0 Å². The van der Waals surface area contributed by atoms with Crippen molar-refractivity contribution in [3.63, 3.8) is 0 Å². The van der Waals surface area contributed by atoms with Crippen LogP contribution in [-0.2, 0) is 38.8 Å². The zero-order valence-electron chi connectivity index (χ0n) is 7.39. The van der Waals surface area contributed by atoms with Crippen molar-refractivity contribution in [1.29, 1.82) is 0 Å². The van der Waals surface area contributed by atoms with Crippen molar-refractivity contribution in [2.24, 2.45) is 0 Å². The molecular formula is C4H7NaO10S2. The van der Waals surface area contributed by atoms with E-state index in [-0.39, 0.29) is 29.6 Å². The summed E-state index contributed by atoms with van der Waals surface area (Å²) in [7, 11) is -9.95. The molecule has 0 amide bonds. The third-order valence-electron chi connectivity index (χ3n) is 0.930. The molecule has 0 spiro atoms. The average molecular weight is 302 g/mol. The predicted octanol–water partition coefficient (Wildman–Crippen LogP) is -2.19. The van der Waals surface area contributed by atoms with Crippen LogP contribution in [0.4, 0.5) is 0 Å². The van der Waals surface area contributed by atoms with E-state index in [9.17, 15) is 26.4 Å². The molecule has 10 nitrogen and oxygen atoms in total. The molecule has 13 heteroatoms. The first-order valence-corrected chi connectivity index (χ1v) is 6.12. The third-order valence-corrected chi connectivity index (χ3v) is 1.72. The van der Waals surface area contributed by atoms with E-state index in [1.165, 1.54) is 0 Å². The van der Waals surface area contributed by atoms with Gasteiger partial charge in [-0.25, -0.2) is 0 Å². The summed E-state index contributed by atoms with van der Waals surface area (Å²) >= 11 is 0. The van der Waals surface area contributed by atoms with Gasteiger partial charge in [-0.3, -0.25) is 18.7 Å². The Kier molecular flexibility index (Phi) is 8.15. The number of carbonyl (C=O) groups excluding carboxylic acids is 2. The van der Waals surface area contributed by atoms with Crippen molar-refractivity contribution in [2.75, 3.05) is 0 Å². The molecule has 2 N–H and O–H groups in total. The summed E-state index contributed by atoms with van der Waals surface area (Å²) in [5.41, 5.74) is 0. The summed E-state index contributed by atoms with van der Waals surface area (Å²) in [5.74, 6) is -2.98. The summed E-state index contributed by atoms with van der Waals surface area (Å²) in [6, 6.07) is 0. The molecular weight excluding hydrogens is 295 g/mol. The summed E-state index contributed by atoms with van der Waals surface area (Å²) in [6.45, 7) is 0. The first-order valence-electron chi connectivity index (χ1n) is 3.39. The Morgan fingerprint density at radius 1 is 0.824 bits per heavy atom. The molecule has 96 valence electrons. The van der Waals surface area contributed by atoms with Gasteiger partial charge in [0.15, 0.2) is 0 Å². The number of hydrogen-bond donors (Lipinski definition) is 2. The van der Waals surface area contributed by atoms with Gasteiger partial charge >= 0.3 is 62.3 Å². The van der Waals surface area contributed by atoms with Crippen LogP contribution >= 0.6 is 0 Å². The number of rotatable bonds is 5. The summed E-state index contributed by atoms with van der Waals surface area (Å²) in [6.07, 6.45) is -1.71. The Hall–Kier alpha value is -0.240. The van der Waals surface area contributed by atoms with Crippen LogP contribution in [0.2, 0.25) is 0 Å². The molecule has 0 aliphatic rings. The predicted molar refractivity (Wildman–Crippen MR) is 51.7 cm³/mol. The monoisotopic (exact) mass is 302 g/mol. The molecule has 17 heavy (non-hydrogen) atoms. The minimum atomic E-state index is -4.98. The van der Waals surface area contributed by atoms with Crippen molar-refractivity contribution in [1.82, 2.24) is 0 Å². The molecule has 0 rings (SSSR count). The van der Waals surface area contributed by atoms with E-state index in [0.717, 1.165) is 0 Å². The van der Waals surface area contributed by atoms with E-state index in [1.54, 1.807) is 0 Å². The molecule has 0 fully saturated rings. The topological polar surface area (TPSA) is 161 Å². The quantitative estimate of drug-likeness (QED) is 0.421. The van der Waals surface area contributed by atoms with Crippen molar-refractivity contribution in [3.8, 4) is 0 Å². The van der Waals surface area contributed by atoms with Crippen LogP contribution in [0.5, 0.6) is 0 Å². The molecule has 0 aliphatic heterocycles. The van der Waals surface area contributed by atoms with Crippen molar-refractivity contribution >= 4 is 62.3 Å². The van der Waals surface area contributed by atoms with Gasteiger partial charge in [-0.2, -0.15) is 16.8 Å². The fourth-order valence-corrected chi connectivity index (χ4v) is 1.16. The van der Waals surface area contributed by atoms with E-state index in [2.05, 4.69) is 8.37 Å². The van der Waals surface area contributed by atoms with Crippen LogP contribution in [0.15, 0.2) is 0 Å². The molecule has 0 saturated carbocycles. The Labute approximate surface area is 118 Å². The van der Waals surface area contributed by atoms with Gasteiger partial charge in [-0.05, 0) is 0 Å². The van der Waals surface area contributed by atoms with Gasteiger partial charge in [-0.1, -0.05) is 0 Å². The van der Waals surface area contributed by atoms with Crippen LogP contribution in [0.3, 0.4) is 0 Å². The van der Waals surface area contributed by atoms with Gasteiger partial charge in [0.05, 0.1) is 12.8 Å². The molecule has 0 aromatic rings. The molecule has 0 unspecified atom stereocenters. The van der Waals surface area contributed by atoms with Gasteiger partial charge in [0.25, 0.3) is 0 Å². The van der Waals surface area contributed by atoms with Crippen LogP contribution in [0.1, 0.15) is 12.8 Å². The summed E-state index contributed by atoms with van der Waals surface area (Å²) < 4.78 is 62.7. The van der Waals surface area contributed by atoms with E-state index in [4.69, 9.17) is 9.11 Å². The van der Waals surface area contributed by atoms with E-state index >= 15 is 0 Å². The van der Waals surface area contributed by atoms with E-state index in [0.29, 0.717) is 0 Å². The standard InChI is InChI=1S/C4H6O10S2.Na.H/c5-3(13-15(7,8)9)1-2-4(6)14-16(10,11)12;;/h1-2H2,(H,7,8,9)(H,10,11,12);;. The Morgan fingerprint density at radius 2 is 1.06 bits per heavy atom. The Bertz CT molecular complexity index is 428. The molecule has 0 radical (unpaired) electrons. The van der Waals surface area contributed by atoms with E-state index < -0.39 is 45.6 Å². The molecule has 0 bridgehead atoms. The van der Waals surface area contributed by atoms with Crippen LogP contribution in [-0.4, -0.2) is 67.4 Å². The fraction of sp³-hybridized carbons (Fsp3) is 0.500. The average Bonchev–Trinajstić information content (AvgIpc) is 1.94. The first-order chi connectivity index (χ1) is 6.99. The summed E-state index contributed by atoms with van der Waals surface area (Å²) in [4.78, 5) is 21.1. The second-order valence-electron chi connectivity index (χ2n) is 2.27. The number of hydrogen-bond acceptors (Lipinski definition) is 8. The minimum absolute atomic E-state index is 0. The van der Waals surface area contributed by atoms with Crippen molar-refractivity contribution < 1.29 is 43.9 Å². The summed E-state index contributed by atoms with van der Waals surface area (Å²) in [5, 5.41) is 0. The fourth-order valence-electron chi connectivity index (χ4n) is 0.522. The molecule has 0 aliphatic carbocycles. The maximum absolute atomic E-state index is 10.5. The molecule has 0 atom stereocenters. The molecule has 0 heterocycles. The second kappa shape index (κ2) is 7.25. The van der Waals surface area contributed by atoms with Gasteiger partial charge in [0.1, 0.15) is 0 Å².